The summed E-state index contributed by atoms with van der Waals surface area (Å²) in [6, 6.07) is 25.1. The van der Waals surface area contributed by atoms with E-state index in [1.54, 1.807) is 6.07 Å². The van der Waals surface area contributed by atoms with E-state index in [1.807, 2.05) is 74.5 Å². The molecule has 0 aliphatic rings. The Morgan fingerprint density at radius 3 is 1.68 bits per heavy atom. The van der Waals surface area contributed by atoms with Crippen molar-refractivity contribution in [2.24, 2.45) is 0 Å². The number of nitrogens with zero attached hydrogens (tertiary/aromatic N) is 4. The number of hydrogen-bond donors (Lipinski definition) is 3. The van der Waals surface area contributed by atoms with Gasteiger partial charge in [-0.25, -0.2) is 15.0 Å². The Bertz CT molecular complexity index is 1650. The number of anilines is 3. The lowest BCUT2D eigenvalue weighted by Crippen LogP contribution is -2.28. The average Bonchev–Trinajstić information content (AvgIpc) is 2.91. The van der Waals surface area contributed by atoms with Crippen molar-refractivity contribution in [3.63, 3.8) is 0 Å². The smallest absolute Gasteiger partial charge is 0.222 e. The standard InChI is InChI=1S/C20H21ClN4.C11H9Cl2N3/c1-13-15(10-7-11-16(13)21)17-12-18(24-19(22)23-17)25-20(2,3)14-8-5-4-6-9-14;1-6-7(3-2-4-8(6)12)9-5-10(13)16-11(14)15-9/h4-12H,1-3H3,(H3,22,23,24,25);2-5H,1H3,(H2,14,15,16). The highest BCUT2D eigenvalue weighted by atomic mass is 35.5. The van der Waals surface area contributed by atoms with Crippen molar-refractivity contribution in [2.75, 3.05) is 16.8 Å². The summed E-state index contributed by atoms with van der Waals surface area (Å²) in [6.45, 7) is 8.09. The van der Waals surface area contributed by atoms with E-state index in [1.165, 1.54) is 0 Å². The Hall–Kier alpha value is -3.91. The second-order valence-electron chi connectivity index (χ2n) is 9.87. The van der Waals surface area contributed by atoms with E-state index >= 15 is 0 Å². The summed E-state index contributed by atoms with van der Waals surface area (Å²) in [5, 5.41) is 5.17. The molecule has 0 aliphatic heterocycles. The molecule has 10 heteroatoms. The van der Waals surface area contributed by atoms with Gasteiger partial charge in [0.2, 0.25) is 11.9 Å². The summed E-state index contributed by atoms with van der Waals surface area (Å²) in [7, 11) is 0. The van der Waals surface area contributed by atoms with Crippen molar-refractivity contribution in [2.45, 2.75) is 33.2 Å². The van der Waals surface area contributed by atoms with Crippen LogP contribution in [-0.4, -0.2) is 19.9 Å². The number of nitrogens with one attached hydrogen (secondary N) is 1. The minimum atomic E-state index is -0.303. The first-order valence-corrected chi connectivity index (χ1v) is 13.9. The molecule has 0 unspecified atom stereocenters. The molecule has 0 amide bonds. The molecule has 5 rings (SSSR count). The molecule has 0 radical (unpaired) electrons. The highest BCUT2D eigenvalue weighted by Gasteiger charge is 2.21. The highest BCUT2D eigenvalue weighted by Crippen LogP contribution is 2.31. The molecule has 0 saturated carbocycles. The Morgan fingerprint density at radius 1 is 0.634 bits per heavy atom. The van der Waals surface area contributed by atoms with Gasteiger partial charge in [-0.1, -0.05) is 89.4 Å². The number of rotatable bonds is 5. The van der Waals surface area contributed by atoms with Crippen molar-refractivity contribution in [3.8, 4) is 22.5 Å². The fraction of sp³-hybridized carbons (Fsp3) is 0.161. The molecular formula is C31H30Cl3N7. The monoisotopic (exact) mass is 605 g/mol. The molecule has 0 aliphatic carbocycles. The van der Waals surface area contributed by atoms with Gasteiger partial charge in [-0.15, -0.1) is 0 Å². The first-order valence-electron chi connectivity index (χ1n) is 12.7. The summed E-state index contributed by atoms with van der Waals surface area (Å²) in [5.74, 6) is 1.06. The molecule has 5 N–H and O–H groups in total. The first-order chi connectivity index (χ1) is 19.4. The Labute approximate surface area is 255 Å². The zero-order chi connectivity index (χ0) is 29.7. The number of hydrogen-bond acceptors (Lipinski definition) is 7. The predicted molar refractivity (Wildman–Crippen MR) is 171 cm³/mol. The Morgan fingerprint density at radius 2 is 1.15 bits per heavy atom. The van der Waals surface area contributed by atoms with Gasteiger partial charge in [-0.05, 0) is 56.5 Å². The molecule has 0 spiro atoms. The molecule has 5 aromatic rings. The minimum absolute atomic E-state index is 0.155. The van der Waals surface area contributed by atoms with Gasteiger partial charge < -0.3 is 16.8 Å². The first kappa shape index (κ1) is 30.1. The molecule has 2 aromatic heterocycles. The molecule has 2 heterocycles. The van der Waals surface area contributed by atoms with Crippen LogP contribution in [0.25, 0.3) is 22.5 Å². The van der Waals surface area contributed by atoms with Crippen LogP contribution in [0.1, 0.15) is 30.5 Å². The van der Waals surface area contributed by atoms with Gasteiger partial charge in [0, 0.05) is 33.3 Å². The lowest BCUT2D eigenvalue weighted by Gasteiger charge is -2.27. The topological polar surface area (TPSA) is 116 Å². The fourth-order valence-electron chi connectivity index (χ4n) is 4.26. The van der Waals surface area contributed by atoms with E-state index in [4.69, 9.17) is 46.3 Å². The maximum atomic E-state index is 6.24. The fourth-order valence-corrected chi connectivity index (χ4v) is 4.80. The maximum Gasteiger partial charge on any atom is 0.222 e. The number of benzene rings is 3. The van der Waals surface area contributed by atoms with Crippen LogP contribution in [0.15, 0.2) is 78.9 Å². The maximum absolute atomic E-state index is 6.24. The van der Waals surface area contributed by atoms with Crippen LogP contribution in [0.2, 0.25) is 15.2 Å². The van der Waals surface area contributed by atoms with Gasteiger partial charge in [-0.2, -0.15) is 4.98 Å². The molecule has 7 nitrogen and oxygen atoms in total. The lowest BCUT2D eigenvalue weighted by molar-refractivity contribution is 0.606. The number of halogens is 3. The van der Waals surface area contributed by atoms with E-state index in [-0.39, 0.29) is 17.4 Å². The van der Waals surface area contributed by atoms with Crippen LogP contribution in [-0.2, 0) is 5.54 Å². The third-order valence-electron chi connectivity index (χ3n) is 6.48. The molecule has 210 valence electrons. The second kappa shape index (κ2) is 12.7. The summed E-state index contributed by atoms with van der Waals surface area (Å²) in [4.78, 5) is 16.7. The van der Waals surface area contributed by atoms with Crippen LogP contribution in [0, 0.1) is 13.8 Å². The van der Waals surface area contributed by atoms with E-state index in [2.05, 4.69) is 51.2 Å². The van der Waals surface area contributed by atoms with Crippen LogP contribution < -0.4 is 16.8 Å². The number of nitrogens with two attached hydrogens (primary N) is 2. The Balaban J connectivity index is 0.000000208. The Kier molecular flexibility index (Phi) is 9.33. The van der Waals surface area contributed by atoms with Crippen molar-refractivity contribution >= 4 is 52.5 Å². The van der Waals surface area contributed by atoms with Crippen molar-refractivity contribution in [1.29, 1.82) is 0 Å². The molecular weight excluding hydrogens is 577 g/mol. The highest BCUT2D eigenvalue weighted by molar-refractivity contribution is 6.32. The van der Waals surface area contributed by atoms with Crippen molar-refractivity contribution in [3.05, 3.63) is 111 Å². The van der Waals surface area contributed by atoms with E-state index in [0.29, 0.717) is 26.7 Å². The predicted octanol–water partition coefficient (Wildman–Crippen LogP) is 8.38. The summed E-state index contributed by atoms with van der Waals surface area (Å²) in [5.41, 5.74) is 17.5. The van der Waals surface area contributed by atoms with Crippen LogP contribution in [0.3, 0.4) is 0 Å². The van der Waals surface area contributed by atoms with Gasteiger partial charge in [0.1, 0.15) is 11.0 Å². The summed E-state index contributed by atoms with van der Waals surface area (Å²) in [6.07, 6.45) is 0. The molecule has 0 fully saturated rings. The zero-order valence-corrected chi connectivity index (χ0v) is 25.4. The third-order valence-corrected chi connectivity index (χ3v) is 7.49. The van der Waals surface area contributed by atoms with Crippen LogP contribution in [0.5, 0.6) is 0 Å². The van der Waals surface area contributed by atoms with E-state index < -0.39 is 0 Å². The van der Waals surface area contributed by atoms with Crippen LogP contribution in [0.4, 0.5) is 17.7 Å². The summed E-state index contributed by atoms with van der Waals surface area (Å²) >= 11 is 18.1. The minimum Gasteiger partial charge on any atom is -0.368 e. The molecule has 0 bridgehead atoms. The van der Waals surface area contributed by atoms with E-state index in [0.717, 1.165) is 33.5 Å². The van der Waals surface area contributed by atoms with Crippen molar-refractivity contribution < 1.29 is 0 Å². The van der Waals surface area contributed by atoms with Gasteiger partial charge in [-0.3, -0.25) is 0 Å². The van der Waals surface area contributed by atoms with Gasteiger partial charge in [0.25, 0.3) is 0 Å². The molecule has 0 atom stereocenters. The van der Waals surface area contributed by atoms with E-state index in [9.17, 15) is 0 Å². The molecule has 41 heavy (non-hydrogen) atoms. The largest absolute Gasteiger partial charge is 0.368 e. The van der Waals surface area contributed by atoms with Gasteiger partial charge in [0.05, 0.1) is 16.9 Å². The second-order valence-corrected chi connectivity index (χ2v) is 11.1. The zero-order valence-electron chi connectivity index (χ0n) is 23.1. The van der Waals surface area contributed by atoms with Gasteiger partial charge >= 0.3 is 0 Å². The molecule has 3 aromatic carbocycles. The van der Waals surface area contributed by atoms with Gasteiger partial charge in [0.15, 0.2) is 0 Å². The number of nitrogen functional groups attached to an aromatic ring is 2. The van der Waals surface area contributed by atoms with Crippen LogP contribution >= 0.6 is 34.8 Å². The van der Waals surface area contributed by atoms with Crippen molar-refractivity contribution in [1.82, 2.24) is 19.9 Å². The normalized spacial score (nSPS) is 11.0. The quantitative estimate of drug-likeness (QED) is 0.172. The summed E-state index contributed by atoms with van der Waals surface area (Å²) < 4.78 is 0. The SMILES string of the molecule is Cc1c(Cl)cccc1-c1cc(Cl)nc(N)n1.Cc1c(Cl)cccc1-c1cc(NC(C)(C)c2ccccc2)nc(N)n1. The number of aromatic nitrogens is 4. The lowest BCUT2D eigenvalue weighted by atomic mass is 9.94. The molecule has 0 saturated heterocycles. The average molecular weight is 607 g/mol. The third kappa shape index (κ3) is 7.44.